The molecule has 2 heterocycles. The quantitative estimate of drug-likeness (QED) is 0.375. The smallest absolute Gasteiger partial charge is 0.416 e. The third-order valence-electron chi connectivity index (χ3n) is 5.89. The topological polar surface area (TPSA) is 65.7 Å². The SMILES string of the molecule is CC.CC.Cc1oc2ccc(O)c(CN3CCCCCC3)c2c1C(=O)Nc1ccc(C(F)(F)F)cc1. The molecule has 1 fully saturated rings. The first-order valence-electron chi connectivity index (χ1n) is 12.7. The van der Waals surface area contributed by atoms with Gasteiger partial charge in [-0.1, -0.05) is 40.5 Å². The van der Waals surface area contributed by atoms with Crippen LogP contribution in [0.1, 0.15) is 80.6 Å². The van der Waals surface area contributed by atoms with Crippen molar-refractivity contribution in [2.45, 2.75) is 73.0 Å². The Morgan fingerprint density at radius 3 is 2.11 bits per heavy atom. The van der Waals surface area contributed by atoms with E-state index in [0.717, 1.165) is 38.1 Å². The number of furan rings is 1. The minimum Gasteiger partial charge on any atom is -0.508 e. The van der Waals surface area contributed by atoms with Crippen LogP contribution in [0.3, 0.4) is 0 Å². The molecular weight excluding hydrogens is 469 g/mol. The largest absolute Gasteiger partial charge is 0.508 e. The Morgan fingerprint density at radius 1 is 0.972 bits per heavy atom. The normalized spacial score (nSPS) is 14.2. The summed E-state index contributed by atoms with van der Waals surface area (Å²) in [5, 5.41) is 13.8. The lowest BCUT2D eigenvalue weighted by Crippen LogP contribution is -2.24. The van der Waals surface area contributed by atoms with Crippen molar-refractivity contribution in [3.8, 4) is 5.75 Å². The molecule has 5 nitrogen and oxygen atoms in total. The fourth-order valence-electron chi connectivity index (χ4n) is 4.25. The van der Waals surface area contributed by atoms with Crippen molar-refractivity contribution in [3.63, 3.8) is 0 Å². The number of carbonyl (C=O) groups excluding carboxylic acids is 1. The van der Waals surface area contributed by atoms with Crippen LogP contribution in [-0.4, -0.2) is 29.0 Å². The number of alkyl halides is 3. The zero-order chi connectivity index (χ0) is 26.9. The molecule has 3 aromatic rings. The lowest BCUT2D eigenvalue weighted by Gasteiger charge is -2.21. The van der Waals surface area contributed by atoms with Crippen molar-refractivity contribution in [1.29, 1.82) is 0 Å². The van der Waals surface area contributed by atoms with Gasteiger partial charge >= 0.3 is 6.18 Å². The van der Waals surface area contributed by atoms with Crippen LogP contribution in [0.25, 0.3) is 11.0 Å². The summed E-state index contributed by atoms with van der Waals surface area (Å²) in [5.74, 6) is -0.0259. The number of carbonyl (C=O) groups is 1. The maximum Gasteiger partial charge on any atom is 0.416 e. The zero-order valence-corrected chi connectivity index (χ0v) is 21.8. The van der Waals surface area contributed by atoms with Crippen molar-refractivity contribution in [3.05, 3.63) is 58.8 Å². The molecule has 198 valence electrons. The number of halogens is 3. The number of fused-ring (bicyclic) bond motifs is 1. The third kappa shape index (κ3) is 7.03. The molecule has 0 radical (unpaired) electrons. The molecule has 1 aliphatic heterocycles. The van der Waals surface area contributed by atoms with Gasteiger partial charge in [-0.3, -0.25) is 9.69 Å². The highest BCUT2D eigenvalue weighted by atomic mass is 19.4. The number of hydrogen-bond donors (Lipinski definition) is 2. The Bertz CT molecular complexity index is 1110. The Labute approximate surface area is 211 Å². The van der Waals surface area contributed by atoms with E-state index in [4.69, 9.17) is 4.42 Å². The van der Waals surface area contributed by atoms with E-state index in [1.54, 1.807) is 19.1 Å². The Kier molecular flexibility index (Phi) is 10.8. The second-order valence-electron chi connectivity index (χ2n) is 8.19. The monoisotopic (exact) mass is 506 g/mol. The first-order valence-corrected chi connectivity index (χ1v) is 12.7. The van der Waals surface area contributed by atoms with Crippen LogP contribution in [0, 0.1) is 6.92 Å². The number of amides is 1. The standard InChI is InChI=1S/C24H25F3N2O3.2C2H6/c1-15-21(23(31)28-17-8-6-16(7-9-17)24(25,26)27)22-18(19(30)10-11-20(22)32-15)14-29-12-4-2-3-5-13-29;2*1-2/h6-11,30H,2-5,12-14H2,1H3,(H,28,31);2*1-2H3. The van der Waals surface area contributed by atoms with E-state index in [1.807, 2.05) is 27.7 Å². The minimum atomic E-state index is -4.44. The number of aryl methyl sites for hydroxylation is 1. The van der Waals surface area contributed by atoms with Gasteiger partial charge in [0.25, 0.3) is 5.91 Å². The number of rotatable bonds is 4. The number of anilines is 1. The second-order valence-corrected chi connectivity index (χ2v) is 8.19. The highest BCUT2D eigenvalue weighted by Gasteiger charge is 2.30. The highest BCUT2D eigenvalue weighted by molar-refractivity contribution is 6.14. The van der Waals surface area contributed by atoms with E-state index in [9.17, 15) is 23.1 Å². The highest BCUT2D eigenvalue weighted by Crippen LogP contribution is 2.36. The summed E-state index contributed by atoms with van der Waals surface area (Å²) < 4.78 is 44.2. The van der Waals surface area contributed by atoms with Crippen LogP contribution in [0.2, 0.25) is 0 Å². The minimum absolute atomic E-state index is 0.0890. The van der Waals surface area contributed by atoms with Gasteiger partial charge in [0.2, 0.25) is 0 Å². The summed E-state index contributed by atoms with van der Waals surface area (Å²) in [6.45, 7) is 12.0. The van der Waals surface area contributed by atoms with Crippen molar-refractivity contribution in [2.24, 2.45) is 0 Å². The molecule has 0 bridgehead atoms. The fourth-order valence-corrected chi connectivity index (χ4v) is 4.25. The lowest BCUT2D eigenvalue weighted by atomic mass is 10.0. The van der Waals surface area contributed by atoms with Gasteiger partial charge in [-0.15, -0.1) is 0 Å². The molecule has 0 aliphatic carbocycles. The molecule has 1 aromatic heterocycles. The van der Waals surface area contributed by atoms with Crippen LogP contribution in [0.5, 0.6) is 5.75 Å². The van der Waals surface area contributed by atoms with E-state index >= 15 is 0 Å². The molecule has 2 N–H and O–H groups in total. The predicted molar refractivity (Wildman–Crippen MR) is 138 cm³/mol. The summed E-state index contributed by atoms with van der Waals surface area (Å²) in [4.78, 5) is 15.4. The number of nitrogens with one attached hydrogen (secondary N) is 1. The molecular formula is C28H37F3N2O3. The van der Waals surface area contributed by atoms with E-state index in [1.165, 1.54) is 25.0 Å². The molecule has 0 atom stereocenters. The van der Waals surface area contributed by atoms with E-state index in [2.05, 4.69) is 10.2 Å². The Balaban J connectivity index is 0.00000109. The second kappa shape index (κ2) is 13.3. The summed E-state index contributed by atoms with van der Waals surface area (Å²) in [5.41, 5.74) is 0.846. The van der Waals surface area contributed by atoms with Gasteiger partial charge in [-0.2, -0.15) is 13.2 Å². The van der Waals surface area contributed by atoms with Crippen molar-refractivity contribution in [1.82, 2.24) is 4.90 Å². The van der Waals surface area contributed by atoms with Crippen molar-refractivity contribution in [2.75, 3.05) is 18.4 Å². The van der Waals surface area contributed by atoms with Gasteiger partial charge in [-0.25, -0.2) is 0 Å². The Morgan fingerprint density at radius 2 is 1.56 bits per heavy atom. The summed E-state index contributed by atoms with van der Waals surface area (Å²) in [6.07, 6.45) is 0.0844. The maximum absolute atomic E-state index is 13.1. The summed E-state index contributed by atoms with van der Waals surface area (Å²) in [7, 11) is 0. The number of phenols is 1. The molecule has 0 saturated carbocycles. The van der Waals surface area contributed by atoms with Crippen molar-refractivity contribution >= 4 is 22.6 Å². The van der Waals surface area contributed by atoms with Crippen molar-refractivity contribution < 1.29 is 27.5 Å². The number of nitrogens with zero attached hydrogens (tertiary/aromatic N) is 1. The van der Waals surface area contributed by atoms with Gasteiger partial charge in [-0.05, 0) is 69.3 Å². The predicted octanol–water partition coefficient (Wildman–Crippen LogP) is 8.15. The molecule has 4 rings (SSSR count). The molecule has 0 spiro atoms. The summed E-state index contributed by atoms with van der Waals surface area (Å²) >= 11 is 0. The maximum atomic E-state index is 13.1. The summed E-state index contributed by atoms with van der Waals surface area (Å²) in [6, 6.07) is 7.47. The number of aromatic hydroxyl groups is 1. The molecule has 36 heavy (non-hydrogen) atoms. The van der Waals surface area contributed by atoms with Crippen LogP contribution < -0.4 is 5.32 Å². The molecule has 8 heteroatoms. The third-order valence-corrected chi connectivity index (χ3v) is 5.89. The van der Waals surface area contributed by atoms with Gasteiger partial charge in [0, 0.05) is 23.2 Å². The van der Waals surface area contributed by atoms with E-state index < -0.39 is 17.6 Å². The first kappa shape index (κ1) is 29.2. The van der Waals surface area contributed by atoms with Crippen LogP contribution in [-0.2, 0) is 12.7 Å². The number of hydrogen-bond acceptors (Lipinski definition) is 4. The zero-order valence-electron chi connectivity index (χ0n) is 21.8. The fraction of sp³-hybridized carbons (Fsp3) is 0.464. The molecule has 1 saturated heterocycles. The lowest BCUT2D eigenvalue weighted by molar-refractivity contribution is -0.137. The average Bonchev–Trinajstić information content (AvgIpc) is 3.01. The van der Waals surface area contributed by atoms with Crippen LogP contribution >= 0.6 is 0 Å². The van der Waals surface area contributed by atoms with E-state index in [0.29, 0.717) is 28.8 Å². The molecule has 1 amide bonds. The van der Waals surface area contributed by atoms with Gasteiger partial charge < -0.3 is 14.8 Å². The number of phenolic OH excluding ortho intramolecular Hbond substituents is 1. The van der Waals surface area contributed by atoms with E-state index in [-0.39, 0.29) is 17.0 Å². The van der Waals surface area contributed by atoms with Gasteiger partial charge in [0.15, 0.2) is 0 Å². The molecule has 1 aliphatic rings. The van der Waals surface area contributed by atoms with Gasteiger partial charge in [0.05, 0.1) is 11.1 Å². The van der Waals surface area contributed by atoms with Crippen LogP contribution in [0.4, 0.5) is 18.9 Å². The number of likely N-dealkylation sites (tertiary alicyclic amines) is 1. The average molecular weight is 507 g/mol. The molecule has 2 aromatic carbocycles. The first-order chi connectivity index (χ1) is 17.2. The van der Waals surface area contributed by atoms with Gasteiger partial charge in [0.1, 0.15) is 17.1 Å². The Hall–Kier alpha value is -3.00. The van der Waals surface area contributed by atoms with Crippen LogP contribution in [0.15, 0.2) is 40.8 Å². The number of benzene rings is 2. The molecule has 0 unspecified atom stereocenters.